The Kier molecular flexibility index (Phi) is 4.86. The minimum Gasteiger partial charge on any atom is -0.443 e. The SMILES string of the molecule is CCc1ccc(-c2ccc(N(C)C(=O)OC(C)(C)C)nc2)s1. The Balaban J connectivity index is 2.12. The highest BCUT2D eigenvalue weighted by Gasteiger charge is 2.21. The second kappa shape index (κ2) is 6.48. The van der Waals surface area contributed by atoms with Crippen molar-refractivity contribution in [2.24, 2.45) is 0 Å². The van der Waals surface area contributed by atoms with Crippen LogP contribution >= 0.6 is 11.3 Å². The van der Waals surface area contributed by atoms with Gasteiger partial charge in [0.25, 0.3) is 0 Å². The Morgan fingerprint density at radius 1 is 1.27 bits per heavy atom. The zero-order valence-corrected chi connectivity index (χ0v) is 14.5. The molecule has 0 aliphatic heterocycles. The highest BCUT2D eigenvalue weighted by atomic mass is 32.1. The monoisotopic (exact) mass is 318 g/mol. The molecule has 0 radical (unpaired) electrons. The molecule has 0 saturated carbocycles. The smallest absolute Gasteiger partial charge is 0.415 e. The van der Waals surface area contributed by atoms with E-state index in [9.17, 15) is 4.79 Å². The highest BCUT2D eigenvalue weighted by Crippen LogP contribution is 2.28. The predicted octanol–water partition coefficient (Wildman–Crippen LogP) is 4.74. The summed E-state index contributed by atoms with van der Waals surface area (Å²) in [6.07, 6.45) is 2.43. The van der Waals surface area contributed by atoms with Crippen molar-refractivity contribution < 1.29 is 9.53 Å². The number of carbonyl (C=O) groups excluding carboxylic acids is 1. The number of rotatable bonds is 3. The second-order valence-corrected chi connectivity index (χ2v) is 7.23. The molecule has 0 spiro atoms. The first-order chi connectivity index (χ1) is 10.3. The third-order valence-electron chi connectivity index (χ3n) is 3.05. The van der Waals surface area contributed by atoms with Crippen LogP contribution in [0, 0.1) is 0 Å². The predicted molar refractivity (Wildman–Crippen MR) is 91.6 cm³/mol. The van der Waals surface area contributed by atoms with Gasteiger partial charge in [0.05, 0.1) is 0 Å². The minimum atomic E-state index is -0.515. The third-order valence-corrected chi connectivity index (χ3v) is 4.33. The molecule has 0 aliphatic rings. The van der Waals surface area contributed by atoms with Crippen molar-refractivity contribution in [3.05, 3.63) is 35.3 Å². The molecule has 0 saturated heterocycles. The molecule has 2 rings (SSSR count). The van der Waals surface area contributed by atoms with E-state index in [-0.39, 0.29) is 0 Å². The van der Waals surface area contributed by atoms with Gasteiger partial charge in [-0.2, -0.15) is 0 Å². The number of aromatic nitrogens is 1. The molecule has 2 aromatic heterocycles. The van der Waals surface area contributed by atoms with Crippen molar-refractivity contribution in [1.82, 2.24) is 4.98 Å². The summed E-state index contributed by atoms with van der Waals surface area (Å²) in [5.41, 5.74) is 0.546. The summed E-state index contributed by atoms with van der Waals surface area (Å²) < 4.78 is 5.34. The number of ether oxygens (including phenoxy) is 1. The van der Waals surface area contributed by atoms with Gasteiger partial charge in [-0.15, -0.1) is 11.3 Å². The fourth-order valence-corrected chi connectivity index (χ4v) is 2.81. The van der Waals surface area contributed by atoms with Gasteiger partial charge in [-0.25, -0.2) is 9.78 Å². The molecule has 0 atom stereocenters. The van der Waals surface area contributed by atoms with E-state index in [1.165, 1.54) is 14.7 Å². The third kappa shape index (κ3) is 4.07. The van der Waals surface area contributed by atoms with E-state index in [1.54, 1.807) is 24.6 Å². The van der Waals surface area contributed by atoms with Crippen LogP contribution in [-0.4, -0.2) is 23.7 Å². The quantitative estimate of drug-likeness (QED) is 0.820. The van der Waals surface area contributed by atoms with Crippen molar-refractivity contribution in [1.29, 1.82) is 0 Å². The number of hydrogen-bond acceptors (Lipinski definition) is 4. The number of pyridine rings is 1. The molecule has 0 unspecified atom stereocenters. The van der Waals surface area contributed by atoms with Crippen molar-refractivity contribution in [2.45, 2.75) is 39.7 Å². The van der Waals surface area contributed by atoms with E-state index in [2.05, 4.69) is 24.0 Å². The van der Waals surface area contributed by atoms with Crippen molar-refractivity contribution in [3.63, 3.8) is 0 Å². The van der Waals surface area contributed by atoms with E-state index in [4.69, 9.17) is 4.74 Å². The minimum absolute atomic E-state index is 0.405. The summed E-state index contributed by atoms with van der Waals surface area (Å²) in [5, 5.41) is 0. The number of carbonyl (C=O) groups is 1. The topological polar surface area (TPSA) is 42.4 Å². The highest BCUT2D eigenvalue weighted by molar-refractivity contribution is 7.15. The van der Waals surface area contributed by atoms with Crippen LogP contribution in [0.1, 0.15) is 32.6 Å². The fourth-order valence-electron chi connectivity index (χ4n) is 1.88. The molecule has 5 heteroatoms. The van der Waals surface area contributed by atoms with Gasteiger partial charge >= 0.3 is 6.09 Å². The molecule has 0 N–H and O–H groups in total. The molecule has 4 nitrogen and oxygen atoms in total. The van der Waals surface area contributed by atoms with Gasteiger partial charge in [-0.1, -0.05) is 6.92 Å². The lowest BCUT2D eigenvalue weighted by atomic mass is 10.2. The zero-order valence-electron chi connectivity index (χ0n) is 13.7. The molecule has 1 amide bonds. The Morgan fingerprint density at radius 2 is 2.00 bits per heavy atom. The van der Waals surface area contributed by atoms with Crippen LogP contribution in [0.5, 0.6) is 0 Å². The van der Waals surface area contributed by atoms with Gasteiger partial charge < -0.3 is 4.74 Å². The molecule has 2 heterocycles. The summed E-state index contributed by atoms with van der Waals surface area (Å²) in [6, 6.07) is 8.07. The Labute approximate surface area is 135 Å². The van der Waals surface area contributed by atoms with Gasteiger partial charge in [0.15, 0.2) is 0 Å². The van der Waals surface area contributed by atoms with Crippen LogP contribution in [0.25, 0.3) is 10.4 Å². The lowest BCUT2D eigenvalue weighted by molar-refractivity contribution is 0.0588. The van der Waals surface area contributed by atoms with Crippen LogP contribution in [0.3, 0.4) is 0 Å². The molecule has 0 fully saturated rings. The van der Waals surface area contributed by atoms with Crippen molar-refractivity contribution in [2.75, 3.05) is 11.9 Å². The van der Waals surface area contributed by atoms with Gasteiger partial charge in [0.2, 0.25) is 0 Å². The Bertz CT molecular complexity index is 641. The lowest BCUT2D eigenvalue weighted by Gasteiger charge is -2.24. The molecular weight excluding hydrogens is 296 g/mol. The van der Waals surface area contributed by atoms with E-state index in [0.29, 0.717) is 5.82 Å². The zero-order chi connectivity index (χ0) is 16.3. The number of nitrogens with zero attached hydrogens (tertiary/aromatic N) is 2. The lowest BCUT2D eigenvalue weighted by Crippen LogP contribution is -2.34. The average Bonchev–Trinajstić information content (AvgIpc) is 2.94. The largest absolute Gasteiger partial charge is 0.443 e. The maximum Gasteiger partial charge on any atom is 0.415 e. The van der Waals surface area contributed by atoms with E-state index < -0.39 is 11.7 Å². The maximum absolute atomic E-state index is 12.0. The molecular formula is C17H22N2O2S. The molecule has 0 aliphatic carbocycles. The second-order valence-electron chi connectivity index (χ2n) is 6.06. The first-order valence-corrected chi connectivity index (χ1v) is 8.13. The van der Waals surface area contributed by atoms with Crippen LogP contribution in [0.2, 0.25) is 0 Å². The summed E-state index contributed by atoms with van der Waals surface area (Å²) >= 11 is 1.77. The number of thiophene rings is 1. The first-order valence-electron chi connectivity index (χ1n) is 7.32. The van der Waals surface area contributed by atoms with Crippen LogP contribution in [0.4, 0.5) is 10.6 Å². The van der Waals surface area contributed by atoms with Crippen molar-refractivity contribution >= 4 is 23.2 Å². The van der Waals surface area contributed by atoms with E-state index >= 15 is 0 Å². The normalized spacial score (nSPS) is 11.3. The molecule has 2 aromatic rings. The van der Waals surface area contributed by atoms with E-state index in [1.807, 2.05) is 32.9 Å². The molecule has 0 bridgehead atoms. The summed E-state index contributed by atoms with van der Waals surface area (Å²) in [5.74, 6) is 0.574. The van der Waals surface area contributed by atoms with Crippen LogP contribution in [0.15, 0.2) is 30.5 Å². The standard InChI is InChI=1S/C17H22N2O2S/c1-6-13-8-9-14(22-13)12-7-10-15(18-11-12)19(5)16(20)21-17(2,3)4/h7-11H,6H2,1-5H3. The number of aryl methyl sites for hydroxylation is 1. The summed E-state index contributed by atoms with van der Waals surface area (Å²) in [4.78, 5) is 20.4. The van der Waals surface area contributed by atoms with Gasteiger partial charge in [0.1, 0.15) is 11.4 Å². The van der Waals surface area contributed by atoms with Gasteiger partial charge in [-0.05, 0) is 51.5 Å². The van der Waals surface area contributed by atoms with Gasteiger partial charge in [-0.3, -0.25) is 4.90 Å². The van der Waals surface area contributed by atoms with Gasteiger partial charge in [0, 0.05) is 28.6 Å². The van der Waals surface area contributed by atoms with Crippen LogP contribution in [-0.2, 0) is 11.2 Å². The summed E-state index contributed by atoms with van der Waals surface area (Å²) in [6.45, 7) is 7.68. The maximum atomic E-state index is 12.0. The van der Waals surface area contributed by atoms with E-state index in [0.717, 1.165) is 12.0 Å². The number of hydrogen-bond donors (Lipinski definition) is 0. The van der Waals surface area contributed by atoms with Crippen molar-refractivity contribution in [3.8, 4) is 10.4 Å². The average molecular weight is 318 g/mol. The molecule has 22 heavy (non-hydrogen) atoms. The number of anilines is 1. The fraction of sp³-hybridized carbons (Fsp3) is 0.412. The van der Waals surface area contributed by atoms with Crippen LogP contribution < -0.4 is 4.90 Å². The molecule has 0 aromatic carbocycles. The molecule has 118 valence electrons. The summed E-state index contributed by atoms with van der Waals surface area (Å²) in [7, 11) is 1.66. The number of amides is 1. The Hall–Kier alpha value is -1.88. The first kappa shape index (κ1) is 16.5. The Morgan fingerprint density at radius 3 is 2.50 bits per heavy atom.